The van der Waals surface area contributed by atoms with Crippen LogP contribution in [0.3, 0.4) is 0 Å². The van der Waals surface area contributed by atoms with Gasteiger partial charge in [0.1, 0.15) is 11.9 Å². The van der Waals surface area contributed by atoms with E-state index < -0.39 is 18.0 Å². The molecule has 0 spiro atoms. The van der Waals surface area contributed by atoms with Gasteiger partial charge < -0.3 is 4.74 Å². The van der Waals surface area contributed by atoms with Crippen molar-refractivity contribution in [1.82, 2.24) is 15.1 Å². The lowest BCUT2D eigenvalue weighted by Gasteiger charge is -2.14. The molecule has 3 rings (SSSR count). The zero-order chi connectivity index (χ0) is 19.4. The van der Waals surface area contributed by atoms with Crippen molar-refractivity contribution in [3.63, 3.8) is 0 Å². The lowest BCUT2D eigenvalue weighted by molar-refractivity contribution is 0.145. The quantitative estimate of drug-likeness (QED) is 0.374. The number of halogens is 1. The lowest BCUT2D eigenvalue weighted by Crippen LogP contribution is -2.25. The van der Waals surface area contributed by atoms with Gasteiger partial charge in [0.25, 0.3) is 0 Å². The Morgan fingerprint density at radius 2 is 2.37 bits per heavy atom. The minimum atomic E-state index is -0.554. The first kappa shape index (κ1) is 18.7. The van der Waals surface area contributed by atoms with Crippen molar-refractivity contribution < 1.29 is 13.9 Å². The average Bonchev–Trinajstić information content (AvgIpc) is 3.24. The van der Waals surface area contributed by atoms with Gasteiger partial charge in [0, 0.05) is 18.8 Å². The Hall–Kier alpha value is -3.06. The lowest BCUT2D eigenvalue weighted by atomic mass is 10.1. The van der Waals surface area contributed by atoms with E-state index in [2.05, 4.69) is 15.4 Å². The Bertz CT molecular complexity index is 922. The Morgan fingerprint density at radius 1 is 1.56 bits per heavy atom. The van der Waals surface area contributed by atoms with Gasteiger partial charge in [0.2, 0.25) is 0 Å². The molecule has 1 fully saturated rings. The third-order valence-electron chi connectivity index (χ3n) is 4.03. The second-order valence-electron chi connectivity index (χ2n) is 5.71. The van der Waals surface area contributed by atoms with E-state index in [1.807, 2.05) is 0 Å². The number of aromatic nitrogens is 2. The van der Waals surface area contributed by atoms with Crippen molar-refractivity contribution in [2.45, 2.75) is 6.10 Å². The summed E-state index contributed by atoms with van der Waals surface area (Å²) in [7, 11) is 1.73. The number of rotatable bonds is 4. The molecule has 2 aromatic rings. The predicted molar refractivity (Wildman–Crippen MR) is 101 cm³/mol. The summed E-state index contributed by atoms with van der Waals surface area (Å²) in [5, 5.41) is 15.6. The highest BCUT2D eigenvalue weighted by Crippen LogP contribution is 2.28. The molecular formula is C17H17FN6O2S. The number of thioether (sulfide) groups is 1. The zero-order valence-electron chi connectivity index (χ0n) is 14.7. The van der Waals surface area contributed by atoms with Crippen molar-refractivity contribution in [3.8, 4) is 17.5 Å². The molecule has 1 aliphatic rings. The molecule has 0 bridgehead atoms. The normalized spacial score (nSPS) is 17.0. The molecule has 0 unspecified atom stereocenters. The first-order valence-electron chi connectivity index (χ1n) is 8.03. The van der Waals surface area contributed by atoms with Gasteiger partial charge in [-0.05, 0) is 30.5 Å². The number of amides is 1. The highest BCUT2D eigenvalue weighted by atomic mass is 32.2. The number of nitriles is 1. The molecule has 140 valence electrons. The summed E-state index contributed by atoms with van der Waals surface area (Å²) in [5.74, 6) is -0.451. The number of amidine groups is 1. The Balaban J connectivity index is 1.74. The van der Waals surface area contributed by atoms with Crippen LogP contribution >= 0.6 is 11.8 Å². The molecule has 1 N–H and O–H groups in total. The van der Waals surface area contributed by atoms with E-state index >= 15 is 0 Å². The molecule has 0 radical (unpaired) electrons. The maximum atomic E-state index is 14.6. The summed E-state index contributed by atoms with van der Waals surface area (Å²) in [6, 6.07) is 6.31. The van der Waals surface area contributed by atoms with Crippen LogP contribution in [0.4, 0.5) is 14.9 Å². The topological polar surface area (TPSA) is 95.5 Å². The van der Waals surface area contributed by atoms with Gasteiger partial charge in [0.05, 0.1) is 24.5 Å². The van der Waals surface area contributed by atoms with E-state index in [0.29, 0.717) is 22.1 Å². The fourth-order valence-corrected chi connectivity index (χ4v) is 3.08. The van der Waals surface area contributed by atoms with Gasteiger partial charge in [-0.25, -0.2) is 9.18 Å². The van der Waals surface area contributed by atoms with E-state index in [9.17, 15) is 9.18 Å². The number of hydrogen-bond acceptors (Lipinski definition) is 6. The number of aliphatic imine (C=N–C) groups is 1. The molecule has 2 heterocycles. The molecule has 1 aromatic carbocycles. The SMILES string of the molecule is CSC(=NC[C@H]1CN(c2ccc(-c3ccnn3C)c(F)c2)C(=O)O1)NC#N. The number of nitrogens with one attached hydrogen (secondary N) is 1. The second kappa shape index (κ2) is 8.09. The van der Waals surface area contributed by atoms with Crippen LogP contribution in [0, 0.1) is 17.3 Å². The smallest absolute Gasteiger partial charge is 0.414 e. The minimum absolute atomic E-state index is 0.211. The molecule has 0 aliphatic carbocycles. The summed E-state index contributed by atoms with van der Waals surface area (Å²) >= 11 is 1.28. The number of benzene rings is 1. The van der Waals surface area contributed by atoms with E-state index in [0.717, 1.165) is 0 Å². The van der Waals surface area contributed by atoms with Gasteiger partial charge in [-0.1, -0.05) is 11.8 Å². The first-order valence-corrected chi connectivity index (χ1v) is 9.25. The van der Waals surface area contributed by atoms with Crippen LogP contribution in [0.2, 0.25) is 0 Å². The van der Waals surface area contributed by atoms with Crippen LogP contribution in [0.1, 0.15) is 0 Å². The maximum absolute atomic E-state index is 14.6. The molecule has 1 aliphatic heterocycles. The Kier molecular flexibility index (Phi) is 5.61. The zero-order valence-corrected chi connectivity index (χ0v) is 15.5. The number of anilines is 1. The maximum Gasteiger partial charge on any atom is 0.414 e. The number of cyclic esters (lactones) is 1. The number of hydrogen-bond donors (Lipinski definition) is 1. The molecule has 1 saturated heterocycles. The van der Waals surface area contributed by atoms with Crippen molar-refractivity contribution in [2.75, 3.05) is 24.2 Å². The highest BCUT2D eigenvalue weighted by molar-refractivity contribution is 8.13. The fourth-order valence-electron chi connectivity index (χ4n) is 2.73. The van der Waals surface area contributed by atoms with Gasteiger partial charge in [-0.2, -0.15) is 10.4 Å². The van der Waals surface area contributed by atoms with Crippen molar-refractivity contribution in [3.05, 3.63) is 36.3 Å². The third kappa shape index (κ3) is 4.03. The Morgan fingerprint density at radius 3 is 3.00 bits per heavy atom. The van der Waals surface area contributed by atoms with Crippen molar-refractivity contribution in [1.29, 1.82) is 5.26 Å². The summed E-state index contributed by atoms with van der Waals surface area (Å²) in [5.41, 5.74) is 1.46. The molecule has 8 nitrogen and oxygen atoms in total. The van der Waals surface area contributed by atoms with E-state index in [-0.39, 0.29) is 13.1 Å². The van der Waals surface area contributed by atoms with Crippen LogP contribution < -0.4 is 10.2 Å². The number of carbonyl (C=O) groups is 1. The molecule has 1 aromatic heterocycles. The van der Waals surface area contributed by atoms with Gasteiger partial charge >= 0.3 is 6.09 Å². The summed E-state index contributed by atoms with van der Waals surface area (Å²) in [4.78, 5) is 17.7. The van der Waals surface area contributed by atoms with E-state index in [1.54, 1.807) is 48.6 Å². The predicted octanol–water partition coefficient (Wildman–Crippen LogP) is 2.34. The third-order valence-corrected chi connectivity index (χ3v) is 4.65. The van der Waals surface area contributed by atoms with Crippen LogP contribution in [0.5, 0.6) is 0 Å². The molecule has 0 saturated carbocycles. The highest BCUT2D eigenvalue weighted by Gasteiger charge is 2.32. The molecule has 1 atom stereocenters. The monoisotopic (exact) mass is 388 g/mol. The van der Waals surface area contributed by atoms with Crippen LogP contribution in [-0.4, -0.2) is 46.5 Å². The molecular weight excluding hydrogens is 371 g/mol. The van der Waals surface area contributed by atoms with E-state index in [4.69, 9.17) is 10.00 Å². The fraction of sp³-hybridized carbons (Fsp3) is 0.294. The van der Waals surface area contributed by atoms with Crippen LogP contribution in [0.15, 0.2) is 35.5 Å². The van der Waals surface area contributed by atoms with Gasteiger partial charge in [-0.3, -0.25) is 19.9 Å². The summed E-state index contributed by atoms with van der Waals surface area (Å²) < 4.78 is 21.4. The number of carbonyl (C=O) groups excluding carboxylic acids is 1. The number of nitrogens with zero attached hydrogens (tertiary/aromatic N) is 5. The largest absolute Gasteiger partial charge is 0.442 e. The molecule has 1 amide bonds. The van der Waals surface area contributed by atoms with Crippen molar-refractivity contribution >= 4 is 28.7 Å². The first-order chi connectivity index (χ1) is 13.0. The van der Waals surface area contributed by atoms with Crippen molar-refractivity contribution in [2.24, 2.45) is 12.0 Å². The molecule has 27 heavy (non-hydrogen) atoms. The van der Waals surface area contributed by atoms with Crippen LogP contribution in [-0.2, 0) is 11.8 Å². The van der Waals surface area contributed by atoms with Gasteiger partial charge in [0.15, 0.2) is 11.4 Å². The standard InChI is InChI=1S/C17H17FN6O2S/c1-23-15(5-6-22-23)13-4-3-11(7-14(13)18)24-9-12(26-17(24)25)8-20-16(27-2)21-10-19/h3-7,12H,8-9H2,1-2H3,(H,20,21)/t12-/m0/s1. The summed E-state index contributed by atoms with van der Waals surface area (Å²) in [6.45, 7) is 0.462. The number of aryl methyl sites for hydroxylation is 1. The number of ether oxygens (including phenoxy) is 1. The summed E-state index contributed by atoms with van der Waals surface area (Å²) in [6.07, 6.45) is 4.14. The van der Waals surface area contributed by atoms with Crippen LogP contribution in [0.25, 0.3) is 11.3 Å². The second-order valence-corrected chi connectivity index (χ2v) is 6.50. The Labute approximate surface area is 159 Å². The average molecular weight is 388 g/mol. The van der Waals surface area contributed by atoms with E-state index in [1.165, 1.54) is 22.7 Å². The minimum Gasteiger partial charge on any atom is -0.442 e. The van der Waals surface area contributed by atoms with Gasteiger partial charge in [-0.15, -0.1) is 0 Å². The molecule has 10 heteroatoms.